The van der Waals surface area contributed by atoms with Crippen LogP contribution < -0.4 is 4.72 Å². The molecular formula is C25H26Cl2N4O4S2. The van der Waals surface area contributed by atoms with Crippen molar-refractivity contribution in [2.24, 2.45) is 10.9 Å². The first-order chi connectivity index (χ1) is 17.5. The average molecular weight is 582 g/mol. The van der Waals surface area contributed by atoms with Gasteiger partial charge < -0.3 is 4.98 Å². The van der Waals surface area contributed by atoms with Gasteiger partial charge in [-0.25, -0.2) is 16.8 Å². The number of sulfonamides is 2. The number of rotatable bonds is 5. The Bertz CT molecular complexity index is 1660. The molecule has 0 saturated heterocycles. The molecule has 3 heterocycles. The first-order valence-electron chi connectivity index (χ1n) is 11.8. The predicted octanol–water partition coefficient (Wildman–Crippen LogP) is 5.81. The molecule has 12 heteroatoms. The van der Waals surface area contributed by atoms with Crippen molar-refractivity contribution in [3.63, 3.8) is 0 Å². The second kappa shape index (κ2) is 9.74. The lowest BCUT2D eigenvalue weighted by Gasteiger charge is -2.28. The maximum Gasteiger partial charge on any atom is 0.261 e. The fourth-order valence-electron chi connectivity index (χ4n) is 4.67. The van der Waals surface area contributed by atoms with E-state index in [1.54, 1.807) is 6.07 Å². The molecule has 37 heavy (non-hydrogen) atoms. The number of nitrogens with zero attached hydrogens (tertiary/aromatic N) is 2. The normalized spacial score (nSPS) is 19.5. The minimum absolute atomic E-state index is 0.0308. The van der Waals surface area contributed by atoms with Gasteiger partial charge in [-0.2, -0.15) is 4.31 Å². The Balaban J connectivity index is 1.38. The van der Waals surface area contributed by atoms with Crippen LogP contribution in [0.15, 0.2) is 68.6 Å². The number of aliphatic imine (C=N–C) groups is 1. The number of nitrogens with one attached hydrogen (secondary N) is 2. The highest BCUT2D eigenvalue weighted by molar-refractivity contribution is 7.92. The summed E-state index contributed by atoms with van der Waals surface area (Å²) in [5.74, 6) is 0.372. The molecule has 1 atom stereocenters. The minimum atomic E-state index is -4.02. The summed E-state index contributed by atoms with van der Waals surface area (Å²) >= 11 is 12.4. The quantitative estimate of drug-likeness (QED) is 0.396. The fraction of sp³-hybridized carbons (Fsp3) is 0.320. The Morgan fingerprint density at radius 3 is 2.43 bits per heavy atom. The molecule has 2 aliphatic rings. The van der Waals surface area contributed by atoms with Crippen LogP contribution in [0.5, 0.6) is 0 Å². The fourth-order valence-corrected chi connectivity index (χ4v) is 7.70. The van der Waals surface area contributed by atoms with Gasteiger partial charge in [0.15, 0.2) is 0 Å². The van der Waals surface area contributed by atoms with E-state index in [1.165, 1.54) is 46.4 Å². The highest BCUT2D eigenvalue weighted by Crippen LogP contribution is 2.36. The van der Waals surface area contributed by atoms with E-state index in [1.807, 2.05) is 6.92 Å². The maximum atomic E-state index is 13.4. The molecule has 0 radical (unpaired) electrons. The zero-order chi connectivity index (χ0) is 26.5. The van der Waals surface area contributed by atoms with Crippen LogP contribution in [0.3, 0.4) is 0 Å². The molecule has 0 spiro atoms. The van der Waals surface area contributed by atoms with Gasteiger partial charge in [0.05, 0.1) is 43.3 Å². The lowest BCUT2D eigenvalue weighted by molar-refractivity contribution is 0.415. The number of hydrogen-bond acceptors (Lipinski definition) is 5. The van der Waals surface area contributed by atoms with E-state index in [0.29, 0.717) is 39.8 Å². The number of hydrogen-bond donors (Lipinski definition) is 2. The van der Waals surface area contributed by atoms with Gasteiger partial charge in [0.1, 0.15) is 0 Å². The highest BCUT2D eigenvalue weighted by atomic mass is 35.5. The third kappa shape index (κ3) is 4.93. The van der Waals surface area contributed by atoms with E-state index < -0.39 is 20.0 Å². The lowest BCUT2D eigenvalue weighted by Crippen LogP contribution is -2.36. The number of aromatic nitrogens is 1. The van der Waals surface area contributed by atoms with Gasteiger partial charge in [-0.1, -0.05) is 30.1 Å². The Morgan fingerprint density at radius 2 is 1.70 bits per heavy atom. The summed E-state index contributed by atoms with van der Waals surface area (Å²) in [6.45, 7) is 4.71. The van der Waals surface area contributed by atoms with Crippen LogP contribution in [-0.2, 0) is 20.0 Å². The third-order valence-electron chi connectivity index (χ3n) is 7.05. The smallest absolute Gasteiger partial charge is 0.261 e. The summed E-state index contributed by atoms with van der Waals surface area (Å²) in [7, 11) is -7.84. The van der Waals surface area contributed by atoms with Gasteiger partial charge in [-0.3, -0.25) is 9.71 Å². The minimum Gasteiger partial charge on any atom is -0.358 e. The van der Waals surface area contributed by atoms with Crippen molar-refractivity contribution in [1.82, 2.24) is 9.29 Å². The Labute approximate surface area is 226 Å². The van der Waals surface area contributed by atoms with Crippen LogP contribution in [0.4, 0.5) is 5.69 Å². The molecule has 0 fully saturated rings. The monoisotopic (exact) mass is 580 g/mol. The molecule has 196 valence electrons. The Morgan fingerprint density at radius 1 is 1.00 bits per heavy atom. The van der Waals surface area contributed by atoms with E-state index in [4.69, 9.17) is 28.2 Å². The molecule has 0 aliphatic carbocycles. The molecule has 0 bridgehead atoms. The van der Waals surface area contributed by atoms with E-state index >= 15 is 0 Å². The number of H-pyrrole nitrogens is 1. The van der Waals surface area contributed by atoms with Gasteiger partial charge >= 0.3 is 0 Å². The second-order valence-corrected chi connectivity index (χ2v) is 13.8. The zero-order valence-corrected chi connectivity index (χ0v) is 23.4. The number of benzene rings is 2. The Hall–Kier alpha value is -2.37. The maximum absolute atomic E-state index is 13.4. The summed E-state index contributed by atoms with van der Waals surface area (Å²) < 4.78 is 56.9. The molecule has 2 N–H and O–H groups in total. The summed E-state index contributed by atoms with van der Waals surface area (Å²) in [5, 5.41) is 1.27. The SMILES string of the molecule is CC1=NC2=C(CCC1C)CCN(S(=O)(=O)c1ccc(S(=O)(=O)Nc3ccc(Cl)c4c(Cl)c[nH]c34)cc1)C2. The molecule has 0 saturated carbocycles. The van der Waals surface area contributed by atoms with E-state index in [2.05, 4.69) is 16.6 Å². The van der Waals surface area contributed by atoms with E-state index in [9.17, 15) is 16.8 Å². The number of halogens is 2. The van der Waals surface area contributed by atoms with Gasteiger partial charge in [0.25, 0.3) is 10.0 Å². The van der Waals surface area contributed by atoms with Crippen molar-refractivity contribution in [1.29, 1.82) is 0 Å². The van der Waals surface area contributed by atoms with Crippen LogP contribution in [0, 0.1) is 5.92 Å². The van der Waals surface area contributed by atoms with Crippen LogP contribution in [0.2, 0.25) is 10.0 Å². The largest absolute Gasteiger partial charge is 0.358 e. The molecular weight excluding hydrogens is 555 g/mol. The molecule has 3 aromatic rings. The van der Waals surface area contributed by atoms with Crippen LogP contribution >= 0.6 is 23.2 Å². The van der Waals surface area contributed by atoms with Crippen LogP contribution in [-0.4, -0.2) is 44.9 Å². The number of aromatic amines is 1. The van der Waals surface area contributed by atoms with Crippen molar-refractivity contribution in [3.8, 4) is 0 Å². The van der Waals surface area contributed by atoms with E-state index in [-0.39, 0.29) is 22.0 Å². The first kappa shape index (κ1) is 26.2. The second-order valence-electron chi connectivity index (χ2n) is 9.39. The van der Waals surface area contributed by atoms with Crippen molar-refractivity contribution in [3.05, 3.63) is 63.9 Å². The van der Waals surface area contributed by atoms with Crippen molar-refractivity contribution >= 4 is 65.6 Å². The molecule has 2 aliphatic heterocycles. The highest BCUT2D eigenvalue weighted by Gasteiger charge is 2.31. The van der Waals surface area contributed by atoms with Crippen LogP contribution in [0.1, 0.15) is 33.1 Å². The molecule has 2 aromatic carbocycles. The van der Waals surface area contributed by atoms with Crippen LogP contribution in [0.25, 0.3) is 10.9 Å². The van der Waals surface area contributed by atoms with Crippen molar-refractivity contribution < 1.29 is 16.8 Å². The van der Waals surface area contributed by atoms with Gasteiger partial charge in [0, 0.05) is 23.8 Å². The van der Waals surface area contributed by atoms with Crippen molar-refractivity contribution in [2.75, 3.05) is 17.8 Å². The molecule has 5 rings (SSSR count). The predicted molar refractivity (Wildman–Crippen MR) is 147 cm³/mol. The standard InChI is InChI=1S/C25H26Cl2N4O4S2/c1-15-3-4-17-11-12-31(14-23(17)29-16(15)2)37(34,35)19-7-5-18(6-8-19)36(32,33)30-22-10-9-20(26)24-21(27)13-28-25(22)24/h5-10,13,15,28,30H,3-4,11-12,14H2,1-2H3. The summed E-state index contributed by atoms with van der Waals surface area (Å²) in [5.41, 5.74) is 3.80. The van der Waals surface area contributed by atoms with Crippen molar-refractivity contribution in [2.45, 2.75) is 42.9 Å². The summed E-state index contributed by atoms with van der Waals surface area (Å²) in [4.78, 5) is 7.61. The lowest BCUT2D eigenvalue weighted by atomic mass is 9.96. The Kier molecular flexibility index (Phi) is 6.91. The molecule has 0 amide bonds. The topological polar surface area (TPSA) is 112 Å². The number of anilines is 1. The summed E-state index contributed by atoms with van der Waals surface area (Å²) in [6, 6.07) is 8.30. The molecule has 8 nitrogen and oxygen atoms in total. The zero-order valence-electron chi connectivity index (χ0n) is 20.3. The van der Waals surface area contributed by atoms with Gasteiger partial charge in [0.2, 0.25) is 10.0 Å². The third-order valence-corrected chi connectivity index (χ3v) is 10.9. The summed E-state index contributed by atoms with van der Waals surface area (Å²) in [6.07, 6.45) is 4.12. The van der Waals surface area contributed by atoms with Gasteiger partial charge in [-0.15, -0.1) is 0 Å². The van der Waals surface area contributed by atoms with Gasteiger partial charge in [-0.05, 0) is 74.1 Å². The number of fused-ring (bicyclic) bond motifs is 1. The first-order valence-corrected chi connectivity index (χ1v) is 15.5. The van der Waals surface area contributed by atoms with E-state index in [0.717, 1.165) is 24.3 Å². The average Bonchev–Trinajstić information content (AvgIpc) is 3.20. The molecule has 1 unspecified atom stereocenters. The molecule has 1 aromatic heterocycles.